The number of halogens is 2. The summed E-state index contributed by atoms with van der Waals surface area (Å²) in [6.45, 7) is -0.173. The monoisotopic (exact) mass is 398 g/mol. The van der Waals surface area contributed by atoms with Crippen molar-refractivity contribution in [2.24, 2.45) is 0 Å². The second-order valence-electron chi connectivity index (χ2n) is 4.47. The van der Waals surface area contributed by atoms with E-state index >= 15 is 0 Å². The molecule has 0 radical (unpaired) electrons. The molecule has 2 aromatic rings. The summed E-state index contributed by atoms with van der Waals surface area (Å²) in [4.78, 5) is 23.6. The fourth-order valence-electron chi connectivity index (χ4n) is 1.68. The number of aromatic nitrogens is 3. The van der Waals surface area contributed by atoms with Gasteiger partial charge in [-0.3, -0.25) is 4.79 Å². The lowest BCUT2D eigenvalue weighted by molar-refractivity contribution is -0.118. The lowest BCUT2D eigenvalue weighted by Gasteiger charge is -2.10. The van der Waals surface area contributed by atoms with E-state index in [0.29, 0.717) is 5.56 Å². The highest BCUT2D eigenvalue weighted by Gasteiger charge is 2.15. The quantitative estimate of drug-likeness (QED) is 0.708. The van der Waals surface area contributed by atoms with Gasteiger partial charge in [0.25, 0.3) is 0 Å². The molecule has 0 aliphatic heterocycles. The van der Waals surface area contributed by atoms with Crippen LogP contribution in [0.2, 0.25) is 10.0 Å². The number of nitrogen functional groups attached to an aromatic ring is 1. The molecule has 0 bridgehead atoms. The Morgan fingerprint density at radius 2 is 2.12 bits per heavy atom. The minimum absolute atomic E-state index is 0.0186. The molecular formula is C14H12Cl2N6O2S. The Morgan fingerprint density at radius 3 is 2.80 bits per heavy atom. The van der Waals surface area contributed by atoms with Crippen molar-refractivity contribution in [2.45, 2.75) is 5.16 Å². The number of nitriles is 1. The Bertz CT molecular complexity index is 843. The molecule has 1 amide bonds. The summed E-state index contributed by atoms with van der Waals surface area (Å²) >= 11 is 13.4. The van der Waals surface area contributed by atoms with E-state index < -0.39 is 0 Å². The third-order valence-corrected chi connectivity index (χ3v) is 4.25. The summed E-state index contributed by atoms with van der Waals surface area (Å²) in [7, 11) is 1.53. The first kappa shape index (κ1) is 19.1. The van der Waals surface area contributed by atoms with E-state index in [1.54, 1.807) is 0 Å². The van der Waals surface area contributed by atoms with Gasteiger partial charge in [-0.25, -0.2) is 4.98 Å². The van der Waals surface area contributed by atoms with Crippen molar-refractivity contribution in [2.75, 3.05) is 25.1 Å². The van der Waals surface area contributed by atoms with Crippen molar-refractivity contribution >= 4 is 46.8 Å². The molecule has 0 aliphatic carbocycles. The molecule has 1 aromatic heterocycles. The molecule has 0 spiro atoms. The van der Waals surface area contributed by atoms with Crippen LogP contribution >= 0.6 is 35.0 Å². The smallest absolute Gasteiger partial charge is 0.230 e. The summed E-state index contributed by atoms with van der Waals surface area (Å²) < 4.78 is 5.24. The maximum Gasteiger partial charge on any atom is 0.230 e. The number of amides is 1. The van der Waals surface area contributed by atoms with Crippen molar-refractivity contribution in [3.05, 3.63) is 22.2 Å². The average molecular weight is 399 g/mol. The summed E-state index contributed by atoms with van der Waals surface area (Å²) in [5.74, 6) is 0.401. The normalized spacial score (nSPS) is 10.2. The zero-order chi connectivity index (χ0) is 18.4. The molecule has 0 aliphatic rings. The molecule has 25 heavy (non-hydrogen) atoms. The molecule has 3 N–H and O–H groups in total. The van der Waals surface area contributed by atoms with Gasteiger partial charge in [-0.05, 0) is 12.1 Å². The summed E-state index contributed by atoms with van der Waals surface area (Å²) in [5.41, 5.74) is 6.13. The molecular weight excluding hydrogens is 387 g/mol. The molecule has 130 valence electrons. The van der Waals surface area contributed by atoms with Gasteiger partial charge in [0.15, 0.2) is 17.6 Å². The highest BCUT2D eigenvalue weighted by atomic mass is 35.5. The molecule has 2 rings (SSSR count). The van der Waals surface area contributed by atoms with Gasteiger partial charge < -0.3 is 15.8 Å². The van der Waals surface area contributed by atoms with Gasteiger partial charge >= 0.3 is 0 Å². The van der Waals surface area contributed by atoms with Crippen molar-refractivity contribution in [3.63, 3.8) is 0 Å². The van der Waals surface area contributed by atoms with Gasteiger partial charge in [0.2, 0.25) is 11.9 Å². The highest BCUT2D eigenvalue weighted by molar-refractivity contribution is 7.99. The van der Waals surface area contributed by atoms with Crippen LogP contribution < -0.4 is 15.8 Å². The first-order valence-electron chi connectivity index (χ1n) is 6.78. The van der Waals surface area contributed by atoms with Crippen molar-refractivity contribution in [1.82, 2.24) is 20.3 Å². The topological polar surface area (TPSA) is 127 Å². The van der Waals surface area contributed by atoms with E-state index in [4.69, 9.17) is 38.9 Å². The third-order valence-electron chi connectivity index (χ3n) is 2.80. The summed E-state index contributed by atoms with van der Waals surface area (Å²) in [6, 6.07) is 4.83. The number of benzene rings is 1. The van der Waals surface area contributed by atoms with Crippen molar-refractivity contribution in [3.8, 4) is 23.2 Å². The number of thioether (sulfide) groups is 1. The zero-order valence-electron chi connectivity index (χ0n) is 12.9. The van der Waals surface area contributed by atoms with E-state index in [1.165, 1.54) is 19.2 Å². The predicted molar refractivity (Wildman–Crippen MR) is 95.6 cm³/mol. The van der Waals surface area contributed by atoms with E-state index in [9.17, 15) is 4.79 Å². The Hall–Kier alpha value is -2.28. The number of nitrogens with two attached hydrogens (primary N) is 1. The van der Waals surface area contributed by atoms with E-state index in [2.05, 4.69) is 20.3 Å². The van der Waals surface area contributed by atoms with Crippen LogP contribution in [0.15, 0.2) is 17.3 Å². The highest BCUT2D eigenvalue weighted by Crippen LogP contribution is 2.36. The number of nitrogens with one attached hydrogen (secondary N) is 1. The maximum atomic E-state index is 11.3. The molecule has 0 unspecified atom stereocenters. The van der Waals surface area contributed by atoms with E-state index in [1.807, 2.05) is 6.07 Å². The van der Waals surface area contributed by atoms with E-state index in [0.717, 1.165) is 11.8 Å². The van der Waals surface area contributed by atoms with Crippen LogP contribution in [0.1, 0.15) is 0 Å². The Kier molecular flexibility index (Phi) is 6.64. The molecule has 1 heterocycles. The molecule has 8 nitrogen and oxygen atoms in total. The number of carbonyl (C=O) groups is 1. The standard InChI is InChI=1S/C14H12Cl2N6O2S/c1-19-11(23)6-25-14-21-12(20-13(18)22-14)7-4-10(24-3-2-17)9(16)5-8(7)15/h4-5H,3,6H2,1H3,(H,19,23)(H2,18,20,21,22). The summed E-state index contributed by atoms with van der Waals surface area (Å²) in [6.07, 6.45) is 0. The minimum Gasteiger partial charge on any atom is -0.477 e. The van der Waals surface area contributed by atoms with Crippen LogP contribution in [0, 0.1) is 11.3 Å². The SMILES string of the molecule is CNC(=O)CSc1nc(N)nc(-c2cc(OCC#N)c(Cl)cc2Cl)n1. The van der Waals surface area contributed by atoms with E-state index in [-0.39, 0.29) is 51.0 Å². The van der Waals surface area contributed by atoms with Gasteiger partial charge in [-0.15, -0.1) is 0 Å². The molecule has 0 saturated carbocycles. The van der Waals surface area contributed by atoms with Crippen LogP contribution in [-0.4, -0.2) is 40.3 Å². The number of rotatable bonds is 6. The third kappa shape index (κ3) is 5.09. The summed E-state index contributed by atoms with van der Waals surface area (Å²) in [5, 5.41) is 11.9. The van der Waals surface area contributed by atoms with Gasteiger partial charge in [0, 0.05) is 12.6 Å². The first-order valence-corrected chi connectivity index (χ1v) is 8.52. The number of hydrogen-bond donors (Lipinski definition) is 2. The van der Waals surface area contributed by atoms with Crippen LogP contribution in [0.5, 0.6) is 5.75 Å². The predicted octanol–water partition coefficient (Wildman–Crippen LogP) is 2.17. The lowest BCUT2D eigenvalue weighted by Crippen LogP contribution is -2.20. The van der Waals surface area contributed by atoms with Crippen LogP contribution in [-0.2, 0) is 4.79 Å². The lowest BCUT2D eigenvalue weighted by atomic mass is 10.2. The van der Waals surface area contributed by atoms with Crippen LogP contribution in [0.4, 0.5) is 5.95 Å². The van der Waals surface area contributed by atoms with Crippen LogP contribution in [0.25, 0.3) is 11.4 Å². The first-order chi connectivity index (χ1) is 11.9. The number of hydrogen-bond acceptors (Lipinski definition) is 8. The maximum absolute atomic E-state index is 11.3. The Labute approximate surface area is 157 Å². The van der Waals surface area contributed by atoms with Crippen molar-refractivity contribution in [1.29, 1.82) is 5.26 Å². The number of ether oxygens (including phenoxy) is 1. The fourth-order valence-corrected chi connectivity index (χ4v) is 2.92. The van der Waals surface area contributed by atoms with Gasteiger partial charge in [0.1, 0.15) is 11.8 Å². The molecule has 11 heteroatoms. The van der Waals surface area contributed by atoms with Crippen molar-refractivity contribution < 1.29 is 9.53 Å². The van der Waals surface area contributed by atoms with Gasteiger partial charge in [-0.1, -0.05) is 35.0 Å². The Morgan fingerprint density at radius 1 is 1.36 bits per heavy atom. The molecule has 0 atom stereocenters. The van der Waals surface area contributed by atoms with Crippen LogP contribution in [0.3, 0.4) is 0 Å². The molecule has 1 aromatic carbocycles. The zero-order valence-corrected chi connectivity index (χ0v) is 15.2. The minimum atomic E-state index is -0.178. The fraction of sp³-hybridized carbons (Fsp3) is 0.214. The number of nitrogens with zero attached hydrogens (tertiary/aromatic N) is 4. The largest absolute Gasteiger partial charge is 0.477 e. The number of anilines is 1. The van der Waals surface area contributed by atoms with Gasteiger partial charge in [-0.2, -0.15) is 15.2 Å². The Balaban J connectivity index is 2.38. The second kappa shape index (κ2) is 8.71. The van der Waals surface area contributed by atoms with Gasteiger partial charge in [0.05, 0.1) is 15.8 Å². The number of carbonyl (C=O) groups excluding carboxylic acids is 1. The molecule has 0 fully saturated rings. The second-order valence-corrected chi connectivity index (χ2v) is 6.23. The average Bonchev–Trinajstić information content (AvgIpc) is 2.58. The molecule has 0 saturated heterocycles.